The molecule has 1 aliphatic heterocycles. The fraction of sp³-hybridized carbons (Fsp3) is 0.769. The maximum atomic E-state index is 5.66. The summed E-state index contributed by atoms with van der Waals surface area (Å²) in [4.78, 5) is 7.20. The Balaban J connectivity index is 1.97. The number of likely N-dealkylation sites (tertiary alicyclic amines) is 1. The Hall–Kier alpha value is -0.450. The molecule has 1 fully saturated rings. The molecule has 1 aliphatic rings. The second kappa shape index (κ2) is 5.94. The van der Waals surface area contributed by atoms with E-state index in [0.717, 1.165) is 19.5 Å². The van der Waals surface area contributed by atoms with E-state index in [0.29, 0.717) is 11.8 Å². The first-order valence-electron chi connectivity index (χ1n) is 6.52. The van der Waals surface area contributed by atoms with E-state index in [-0.39, 0.29) is 0 Å². The van der Waals surface area contributed by atoms with Crippen molar-refractivity contribution in [2.45, 2.75) is 32.1 Å². The molecule has 2 heterocycles. The first-order chi connectivity index (χ1) is 8.19. The maximum Gasteiger partial charge on any atom is 0.0931 e. The quantitative estimate of drug-likeness (QED) is 0.893. The van der Waals surface area contributed by atoms with Crippen molar-refractivity contribution < 1.29 is 0 Å². The Morgan fingerprint density at radius 1 is 1.65 bits per heavy atom. The highest BCUT2D eigenvalue weighted by Crippen LogP contribution is 2.27. The summed E-state index contributed by atoms with van der Waals surface area (Å²) in [5.41, 5.74) is 6.96. The molecular formula is C13H23N3S. The van der Waals surface area contributed by atoms with Crippen molar-refractivity contribution in [2.24, 2.45) is 11.7 Å². The van der Waals surface area contributed by atoms with Crippen molar-refractivity contribution in [1.82, 2.24) is 9.88 Å². The predicted octanol–water partition coefficient (Wildman–Crippen LogP) is 2.09. The lowest BCUT2D eigenvalue weighted by atomic mass is 9.96. The second-order valence-corrected chi connectivity index (χ2v) is 6.26. The number of piperidine rings is 1. The van der Waals surface area contributed by atoms with Crippen LogP contribution in [0.5, 0.6) is 0 Å². The minimum Gasteiger partial charge on any atom is -0.330 e. The van der Waals surface area contributed by atoms with Gasteiger partial charge in [0, 0.05) is 24.3 Å². The van der Waals surface area contributed by atoms with Gasteiger partial charge in [0.25, 0.3) is 0 Å². The topological polar surface area (TPSA) is 42.1 Å². The lowest BCUT2D eigenvalue weighted by molar-refractivity contribution is 0.248. The van der Waals surface area contributed by atoms with Crippen LogP contribution in [0.1, 0.15) is 36.4 Å². The van der Waals surface area contributed by atoms with Crippen molar-refractivity contribution in [3.63, 3.8) is 0 Å². The van der Waals surface area contributed by atoms with E-state index in [4.69, 9.17) is 10.7 Å². The Morgan fingerprint density at radius 3 is 3.18 bits per heavy atom. The average Bonchev–Trinajstić information content (AvgIpc) is 2.77. The average molecular weight is 253 g/mol. The first kappa shape index (κ1) is 13.0. The third-order valence-electron chi connectivity index (χ3n) is 3.54. The smallest absolute Gasteiger partial charge is 0.0931 e. The molecular weight excluding hydrogens is 230 g/mol. The monoisotopic (exact) mass is 253 g/mol. The molecule has 0 aliphatic carbocycles. The highest BCUT2D eigenvalue weighted by atomic mass is 32.1. The summed E-state index contributed by atoms with van der Waals surface area (Å²) in [6.45, 7) is 5.34. The molecule has 96 valence electrons. The molecule has 2 unspecified atom stereocenters. The predicted molar refractivity (Wildman–Crippen MR) is 73.5 cm³/mol. The van der Waals surface area contributed by atoms with Gasteiger partial charge in [-0.3, -0.25) is 0 Å². The maximum absolute atomic E-state index is 5.66. The van der Waals surface area contributed by atoms with E-state index in [1.165, 1.54) is 30.1 Å². The molecule has 1 saturated heterocycles. The SMILES string of the molecule is CC(CN)Cc1nc(C2CCCN(C)C2)cs1. The van der Waals surface area contributed by atoms with Crippen molar-refractivity contribution >= 4 is 11.3 Å². The summed E-state index contributed by atoms with van der Waals surface area (Å²) >= 11 is 1.80. The molecule has 0 spiro atoms. The molecule has 17 heavy (non-hydrogen) atoms. The van der Waals surface area contributed by atoms with Crippen molar-refractivity contribution in [3.8, 4) is 0 Å². The molecule has 0 saturated carbocycles. The number of hydrogen-bond acceptors (Lipinski definition) is 4. The molecule has 0 radical (unpaired) electrons. The molecule has 2 N–H and O–H groups in total. The summed E-state index contributed by atoms with van der Waals surface area (Å²) in [6.07, 6.45) is 3.62. The van der Waals surface area contributed by atoms with Crippen LogP contribution in [0, 0.1) is 5.92 Å². The van der Waals surface area contributed by atoms with Crippen LogP contribution < -0.4 is 5.73 Å². The van der Waals surface area contributed by atoms with Gasteiger partial charge < -0.3 is 10.6 Å². The molecule has 1 aromatic heterocycles. The lowest BCUT2D eigenvalue weighted by Gasteiger charge is -2.28. The Bertz CT molecular complexity index is 350. The highest BCUT2D eigenvalue weighted by Gasteiger charge is 2.21. The number of likely N-dealkylation sites (N-methyl/N-ethyl adjacent to an activating group) is 1. The summed E-state index contributed by atoms with van der Waals surface area (Å²) in [5, 5.41) is 3.51. The summed E-state index contributed by atoms with van der Waals surface area (Å²) in [6, 6.07) is 0. The Morgan fingerprint density at radius 2 is 2.47 bits per heavy atom. The normalized spacial score (nSPS) is 23.8. The zero-order valence-electron chi connectivity index (χ0n) is 10.9. The third kappa shape index (κ3) is 3.50. The number of aromatic nitrogens is 1. The van der Waals surface area contributed by atoms with Gasteiger partial charge in [0.15, 0.2) is 0 Å². The van der Waals surface area contributed by atoms with Gasteiger partial charge in [-0.15, -0.1) is 11.3 Å². The largest absolute Gasteiger partial charge is 0.330 e. The minimum atomic E-state index is 0.544. The second-order valence-electron chi connectivity index (χ2n) is 5.31. The van der Waals surface area contributed by atoms with E-state index < -0.39 is 0 Å². The molecule has 0 amide bonds. The molecule has 1 aromatic rings. The number of rotatable bonds is 4. The number of thiazole rings is 1. The molecule has 3 nitrogen and oxygen atoms in total. The molecule has 2 rings (SSSR count). The molecule has 0 bridgehead atoms. The number of hydrogen-bond donors (Lipinski definition) is 1. The van der Waals surface area contributed by atoms with Gasteiger partial charge >= 0.3 is 0 Å². The molecule has 0 aromatic carbocycles. The lowest BCUT2D eigenvalue weighted by Crippen LogP contribution is -2.30. The summed E-state index contributed by atoms with van der Waals surface area (Å²) in [7, 11) is 2.20. The van der Waals surface area contributed by atoms with Crippen molar-refractivity contribution in [2.75, 3.05) is 26.7 Å². The fourth-order valence-corrected chi connectivity index (χ4v) is 3.44. The summed E-state index contributed by atoms with van der Waals surface area (Å²) in [5.74, 6) is 1.19. The number of nitrogens with two attached hydrogens (primary N) is 1. The van der Waals surface area contributed by atoms with Gasteiger partial charge in [-0.05, 0) is 38.9 Å². The fourth-order valence-electron chi connectivity index (χ4n) is 2.40. The van der Waals surface area contributed by atoms with Crippen LogP contribution in [-0.2, 0) is 6.42 Å². The molecule has 2 atom stereocenters. The van der Waals surface area contributed by atoms with E-state index in [1.807, 2.05) is 0 Å². The minimum absolute atomic E-state index is 0.544. The third-order valence-corrected chi connectivity index (χ3v) is 4.43. The van der Waals surface area contributed by atoms with Crippen molar-refractivity contribution in [1.29, 1.82) is 0 Å². The van der Waals surface area contributed by atoms with Crippen LogP contribution in [0.2, 0.25) is 0 Å². The van der Waals surface area contributed by atoms with Crippen LogP contribution in [0.25, 0.3) is 0 Å². The Labute approximate surface area is 108 Å². The van der Waals surface area contributed by atoms with Crippen LogP contribution in [0.4, 0.5) is 0 Å². The number of nitrogens with zero attached hydrogens (tertiary/aromatic N) is 2. The first-order valence-corrected chi connectivity index (χ1v) is 7.40. The van der Waals surface area contributed by atoms with E-state index in [1.54, 1.807) is 11.3 Å². The van der Waals surface area contributed by atoms with Gasteiger partial charge in [0.1, 0.15) is 0 Å². The van der Waals surface area contributed by atoms with Gasteiger partial charge in [0.05, 0.1) is 10.7 Å². The van der Waals surface area contributed by atoms with E-state index >= 15 is 0 Å². The Kier molecular flexibility index (Phi) is 4.54. The van der Waals surface area contributed by atoms with E-state index in [2.05, 4.69) is 24.3 Å². The van der Waals surface area contributed by atoms with Gasteiger partial charge in [-0.2, -0.15) is 0 Å². The van der Waals surface area contributed by atoms with Crippen LogP contribution in [-0.4, -0.2) is 36.6 Å². The van der Waals surface area contributed by atoms with Gasteiger partial charge in [-0.25, -0.2) is 4.98 Å². The molecule has 4 heteroatoms. The highest BCUT2D eigenvalue weighted by molar-refractivity contribution is 7.09. The zero-order chi connectivity index (χ0) is 12.3. The van der Waals surface area contributed by atoms with Gasteiger partial charge in [0.2, 0.25) is 0 Å². The standard InChI is InChI=1S/C13H23N3S/c1-10(7-14)6-13-15-12(9-17-13)11-4-3-5-16(2)8-11/h9-11H,3-8,14H2,1-2H3. The van der Waals surface area contributed by atoms with Crippen LogP contribution >= 0.6 is 11.3 Å². The van der Waals surface area contributed by atoms with Crippen LogP contribution in [0.3, 0.4) is 0 Å². The summed E-state index contributed by atoms with van der Waals surface area (Å²) < 4.78 is 0. The zero-order valence-corrected chi connectivity index (χ0v) is 11.7. The van der Waals surface area contributed by atoms with Crippen molar-refractivity contribution in [3.05, 3.63) is 16.1 Å². The van der Waals surface area contributed by atoms with E-state index in [9.17, 15) is 0 Å². The van der Waals surface area contributed by atoms with Crippen LogP contribution in [0.15, 0.2) is 5.38 Å². The van der Waals surface area contributed by atoms with Gasteiger partial charge in [-0.1, -0.05) is 6.92 Å².